The van der Waals surface area contributed by atoms with Gasteiger partial charge in [-0.05, 0) is 66.1 Å². The van der Waals surface area contributed by atoms with Crippen LogP contribution in [-0.2, 0) is 19.0 Å². The number of hydrogen-bond donors (Lipinski definition) is 0. The van der Waals surface area contributed by atoms with Crippen LogP contribution in [0.5, 0.6) is 11.5 Å². The van der Waals surface area contributed by atoms with Crippen molar-refractivity contribution in [2.45, 2.75) is 45.1 Å². The third kappa shape index (κ3) is 6.63. The maximum Gasteiger partial charge on any atom is 0.432 e. The summed E-state index contributed by atoms with van der Waals surface area (Å²) in [6, 6.07) is 7.49. The topological polar surface area (TPSA) is 35.5 Å². The van der Waals surface area contributed by atoms with Crippen LogP contribution in [-0.4, -0.2) is 5.97 Å². The summed E-state index contributed by atoms with van der Waals surface area (Å²) < 4.78 is 127. The lowest BCUT2D eigenvalue weighted by Crippen LogP contribution is -2.25. The molecule has 0 aromatic heterocycles. The number of alkyl halides is 2. The van der Waals surface area contributed by atoms with Gasteiger partial charge in [0.05, 0.1) is 11.1 Å². The molecule has 0 saturated carbocycles. The largest absolute Gasteiger partial charge is 0.432 e. The number of carbonyl (C=O) groups excluding carboxylic acids is 1. The highest BCUT2D eigenvalue weighted by molar-refractivity contribution is 5.91. The Kier molecular flexibility index (Phi) is 9.23. The lowest BCUT2D eigenvalue weighted by atomic mass is 9.99. The van der Waals surface area contributed by atoms with Gasteiger partial charge in [0.1, 0.15) is 52.0 Å². The maximum atomic E-state index is 15.1. The first-order chi connectivity index (χ1) is 21.8. The number of hydrogen-bond acceptors (Lipinski definition) is 3. The van der Waals surface area contributed by atoms with Gasteiger partial charge in [-0.25, -0.2) is 31.1 Å². The first kappa shape index (κ1) is 32.7. The van der Waals surface area contributed by atoms with E-state index in [1.165, 1.54) is 0 Å². The molecule has 0 bridgehead atoms. The predicted octanol–water partition coefficient (Wildman–Crippen LogP) is 10.1. The molecular formula is C35H26F8O3. The number of esters is 1. The van der Waals surface area contributed by atoms with Crippen LogP contribution in [0.4, 0.5) is 35.1 Å². The zero-order chi connectivity index (χ0) is 33.3. The Morgan fingerprint density at radius 2 is 1.41 bits per heavy atom. The van der Waals surface area contributed by atoms with Crippen molar-refractivity contribution in [3.63, 3.8) is 0 Å². The Morgan fingerprint density at radius 1 is 0.826 bits per heavy atom. The van der Waals surface area contributed by atoms with Crippen LogP contribution >= 0.6 is 0 Å². The van der Waals surface area contributed by atoms with Crippen LogP contribution in [0.25, 0.3) is 17.2 Å². The van der Waals surface area contributed by atoms with Gasteiger partial charge < -0.3 is 9.47 Å². The molecule has 0 aliphatic heterocycles. The van der Waals surface area contributed by atoms with E-state index >= 15 is 8.78 Å². The van der Waals surface area contributed by atoms with Gasteiger partial charge in [0, 0.05) is 29.8 Å². The summed E-state index contributed by atoms with van der Waals surface area (Å²) >= 11 is 0. The van der Waals surface area contributed by atoms with Gasteiger partial charge in [0.15, 0.2) is 0 Å². The number of fused-ring (bicyclic) bond motifs is 1. The molecule has 0 heterocycles. The van der Waals surface area contributed by atoms with E-state index in [-0.39, 0.29) is 17.7 Å². The maximum absolute atomic E-state index is 15.1. The van der Waals surface area contributed by atoms with E-state index in [4.69, 9.17) is 4.74 Å². The molecule has 11 heteroatoms. The van der Waals surface area contributed by atoms with Crippen LogP contribution in [0.2, 0.25) is 0 Å². The summed E-state index contributed by atoms with van der Waals surface area (Å²) in [6.07, 6.45) is 0.935. The summed E-state index contributed by atoms with van der Waals surface area (Å²) in [4.78, 5) is 12.8. The lowest BCUT2D eigenvalue weighted by Gasteiger charge is -2.20. The van der Waals surface area contributed by atoms with Crippen molar-refractivity contribution in [3.05, 3.63) is 124 Å². The number of halogens is 8. The summed E-state index contributed by atoms with van der Waals surface area (Å²) in [7, 11) is 0. The molecule has 5 rings (SSSR count). The van der Waals surface area contributed by atoms with E-state index in [9.17, 15) is 31.1 Å². The van der Waals surface area contributed by atoms with E-state index in [0.29, 0.717) is 30.2 Å². The summed E-state index contributed by atoms with van der Waals surface area (Å²) in [5, 5.41) is 0. The van der Waals surface area contributed by atoms with Gasteiger partial charge in [-0.3, -0.25) is 0 Å². The Hall–Kier alpha value is -4.67. The Bertz CT molecular complexity index is 1770. The van der Waals surface area contributed by atoms with Crippen LogP contribution in [0.1, 0.15) is 58.8 Å². The minimum absolute atomic E-state index is 0.171. The van der Waals surface area contributed by atoms with Crippen LogP contribution < -0.4 is 9.47 Å². The van der Waals surface area contributed by atoms with Crippen molar-refractivity contribution in [1.82, 2.24) is 0 Å². The van der Waals surface area contributed by atoms with Crippen LogP contribution in [0.15, 0.2) is 61.2 Å². The molecule has 4 aromatic rings. The fraction of sp³-hybridized carbons (Fsp3) is 0.229. The van der Waals surface area contributed by atoms with Crippen molar-refractivity contribution < 1.29 is 49.4 Å². The molecule has 0 N–H and O–H groups in total. The van der Waals surface area contributed by atoms with Gasteiger partial charge in [-0.15, -0.1) is 0 Å². The van der Waals surface area contributed by atoms with E-state index in [1.807, 2.05) is 6.07 Å². The fourth-order valence-corrected chi connectivity index (χ4v) is 5.59. The second-order valence-corrected chi connectivity index (χ2v) is 11.0. The standard InChI is InChI=1S/C35H26F8O3/c1-3-5-6-18-9-19-7-8-20(11-21(19)10-18)34(44)45-23-14-28(38)32(29(39)15-23)22-12-30(40)33(31(41)13-22)35(42,43)46-24-16-26(36)25(4-2)27(37)17-24/h4,7-8,11-18H,2-3,5-6,9-10H2,1H3. The van der Waals surface area contributed by atoms with Crippen molar-refractivity contribution in [2.24, 2.45) is 5.92 Å². The quantitative estimate of drug-likeness (QED) is 0.0978. The average molecular weight is 647 g/mol. The first-order valence-electron chi connectivity index (χ1n) is 14.3. The summed E-state index contributed by atoms with van der Waals surface area (Å²) in [6.45, 7) is 5.29. The number of benzene rings is 4. The Labute approximate surface area is 259 Å². The Morgan fingerprint density at radius 3 is 2.00 bits per heavy atom. The molecule has 0 radical (unpaired) electrons. The molecule has 1 aliphatic carbocycles. The third-order valence-electron chi connectivity index (χ3n) is 7.78. The molecule has 0 spiro atoms. The lowest BCUT2D eigenvalue weighted by molar-refractivity contribution is -0.189. The van der Waals surface area contributed by atoms with Gasteiger partial charge in [-0.1, -0.05) is 38.5 Å². The highest BCUT2D eigenvalue weighted by Gasteiger charge is 2.42. The van der Waals surface area contributed by atoms with Gasteiger partial charge in [0.2, 0.25) is 0 Å². The average Bonchev–Trinajstić information content (AvgIpc) is 3.37. The highest BCUT2D eigenvalue weighted by Crippen LogP contribution is 2.39. The third-order valence-corrected chi connectivity index (χ3v) is 7.78. The molecule has 1 atom stereocenters. The Balaban J connectivity index is 1.36. The van der Waals surface area contributed by atoms with Gasteiger partial charge in [-0.2, -0.15) is 8.78 Å². The highest BCUT2D eigenvalue weighted by atomic mass is 19.3. The number of unbranched alkanes of at least 4 members (excludes halogenated alkanes) is 1. The molecule has 3 nitrogen and oxygen atoms in total. The van der Waals surface area contributed by atoms with Crippen LogP contribution in [0.3, 0.4) is 0 Å². The summed E-state index contributed by atoms with van der Waals surface area (Å²) in [5.41, 5.74) is -2.11. The first-order valence-corrected chi connectivity index (χ1v) is 14.3. The van der Waals surface area contributed by atoms with Crippen molar-refractivity contribution in [1.29, 1.82) is 0 Å². The van der Waals surface area contributed by atoms with E-state index < -0.39 is 80.7 Å². The SMILES string of the molecule is C=Cc1c(F)cc(OC(F)(F)c2c(F)cc(-c3c(F)cc(OC(=O)c4ccc5c(c4)CC(CCCC)C5)cc3F)cc2F)cc1F. The van der Waals surface area contributed by atoms with Crippen molar-refractivity contribution in [3.8, 4) is 22.6 Å². The predicted molar refractivity (Wildman–Crippen MR) is 155 cm³/mol. The van der Waals surface area contributed by atoms with Gasteiger partial charge in [0.25, 0.3) is 0 Å². The second-order valence-electron chi connectivity index (χ2n) is 11.0. The molecular weight excluding hydrogens is 620 g/mol. The van der Waals surface area contributed by atoms with Crippen molar-refractivity contribution in [2.75, 3.05) is 0 Å². The fourth-order valence-electron chi connectivity index (χ4n) is 5.59. The van der Waals surface area contributed by atoms with Gasteiger partial charge >= 0.3 is 12.1 Å². The number of carbonyl (C=O) groups is 1. The molecule has 0 fully saturated rings. The monoisotopic (exact) mass is 646 g/mol. The minimum Gasteiger partial charge on any atom is -0.429 e. The molecule has 240 valence electrons. The molecule has 1 unspecified atom stereocenters. The molecule has 1 aliphatic rings. The number of ether oxygens (including phenoxy) is 2. The minimum atomic E-state index is -4.80. The zero-order valence-corrected chi connectivity index (χ0v) is 24.3. The smallest absolute Gasteiger partial charge is 0.429 e. The molecule has 4 aromatic carbocycles. The molecule has 0 amide bonds. The van der Waals surface area contributed by atoms with E-state index in [2.05, 4.69) is 18.2 Å². The zero-order valence-electron chi connectivity index (χ0n) is 24.3. The second kappa shape index (κ2) is 13.0. The van der Waals surface area contributed by atoms with E-state index in [0.717, 1.165) is 49.3 Å². The summed E-state index contributed by atoms with van der Waals surface area (Å²) in [5.74, 6) is -11.4. The molecule has 46 heavy (non-hydrogen) atoms. The van der Waals surface area contributed by atoms with Crippen molar-refractivity contribution >= 4 is 12.0 Å². The normalized spacial score (nSPS) is 14.2. The van der Waals surface area contributed by atoms with E-state index in [1.54, 1.807) is 12.1 Å². The van der Waals surface area contributed by atoms with Crippen LogP contribution in [0, 0.1) is 40.8 Å². The molecule has 0 saturated heterocycles. The number of rotatable bonds is 10.